The van der Waals surface area contributed by atoms with Gasteiger partial charge in [-0.15, -0.1) is 10.2 Å². The molecule has 138 valence electrons. The van der Waals surface area contributed by atoms with E-state index in [4.69, 9.17) is 9.25 Å². The summed E-state index contributed by atoms with van der Waals surface area (Å²) < 4.78 is 5.69. The average molecular weight is 369 g/mol. The number of hydrogen-bond acceptors (Lipinski definition) is 5. The normalized spacial score (nSPS) is 10.5. The van der Waals surface area contributed by atoms with Crippen LogP contribution in [0.5, 0.6) is 0 Å². The van der Waals surface area contributed by atoms with Crippen molar-refractivity contribution < 1.29 is 9.25 Å². The van der Waals surface area contributed by atoms with Crippen LogP contribution in [0.25, 0.3) is 11.5 Å². The van der Waals surface area contributed by atoms with Gasteiger partial charge in [0.1, 0.15) is 5.71 Å². The third-order valence-electron chi connectivity index (χ3n) is 4.20. The zero-order valence-electron chi connectivity index (χ0n) is 15.4. The largest absolute Gasteiger partial charge is 0.417 e. The quantitative estimate of drug-likeness (QED) is 0.354. The van der Waals surface area contributed by atoms with Crippen LogP contribution in [-0.2, 0) is 11.4 Å². The fourth-order valence-electron chi connectivity index (χ4n) is 2.74. The van der Waals surface area contributed by atoms with Crippen LogP contribution < -0.4 is 0 Å². The van der Waals surface area contributed by atoms with Crippen molar-refractivity contribution in [3.05, 3.63) is 108 Å². The zero-order chi connectivity index (χ0) is 19.2. The SMILES string of the molecule is Cc1ccc(-c2nnc(CON=C(c3ccccc3)c3ccccc3)o2)cc1. The summed E-state index contributed by atoms with van der Waals surface area (Å²) in [5, 5.41) is 12.5. The maximum atomic E-state index is 5.69. The van der Waals surface area contributed by atoms with Gasteiger partial charge in [-0.1, -0.05) is 83.5 Å². The first-order valence-electron chi connectivity index (χ1n) is 9.00. The summed E-state index contributed by atoms with van der Waals surface area (Å²) >= 11 is 0. The molecule has 0 atom stereocenters. The molecule has 0 radical (unpaired) electrons. The lowest BCUT2D eigenvalue weighted by Crippen LogP contribution is -2.04. The number of hydrogen-bond donors (Lipinski definition) is 0. The van der Waals surface area contributed by atoms with Crippen LogP contribution in [0.15, 0.2) is 94.5 Å². The van der Waals surface area contributed by atoms with Crippen LogP contribution in [0, 0.1) is 6.92 Å². The average Bonchev–Trinajstić information content (AvgIpc) is 3.22. The molecule has 0 aliphatic heterocycles. The highest BCUT2D eigenvalue weighted by molar-refractivity contribution is 6.12. The molecular formula is C23H19N3O2. The van der Waals surface area contributed by atoms with Gasteiger partial charge in [-0.25, -0.2) is 0 Å². The highest BCUT2D eigenvalue weighted by Gasteiger charge is 2.10. The molecule has 0 aliphatic rings. The van der Waals surface area contributed by atoms with E-state index in [-0.39, 0.29) is 6.61 Å². The summed E-state index contributed by atoms with van der Waals surface area (Å²) in [5.74, 6) is 0.841. The minimum Gasteiger partial charge on any atom is -0.417 e. The van der Waals surface area contributed by atoms with E-state index >= 15 is 0 Å². The van der Waals surface area contributed by atoms with Gasteiger partial charge in [0.05, 0.1) is 0 Å². The number of benzene rings is 3. The molecule has 5 heteroatoms. The predicted octanol–water partition coefficient (Wildman–Crippen LogP) is 5.01. The van der Waals surface area contributed by atoms with Gasteiger partial charge in [-0.3, -0.25) is 0 Å². The fourth-order valence-corrected chi connectivity index (χ4v) is 2.74. The van der Waals surface area contributed by atoms with E-state index in [1.165, 1.54) is 5.56 Å². The van der Waals surface area contributed by atoms with E-state index < -0.39 is 0 Å². The van der Waals surface area contributed by atoms with Gasteiger partial charge in [0.15, 0.2) is 6.61 Å². The smallest absolute Gasteiger partial charge is 0.257 e. The summed E-state index contributed by atoms with van der Waals surface area (Å²) in [6, 6.07) is 27.7. The van der Waals surface area contributed by atoms with Gasteiger partial charge in [0.2, 0.25) is 5.89 Å². The molecule has 0 bridgehead atoms. The molecule has 3 aromatic carbocycles. The molecule has 0 fully saturated rings. The van der Waals surface area contributed by atoms with Gasteiger partial charge < -0.3 is 9.25 Å². The van der Waals surface area contributed by atoms with E-state index in [0.29, 0.717) is 11.8 Å². The second kappa shape index (κ2) is 8.31. The van der Waals surface area contributed by atoms with Crippen molar-refractivity contribution >= 4 is 5.71 Å². The topological polar surface area (TPSA) is 60.5 Å². The van der Waals surface area contributed by atoms with E-state index in [9.17, 15) is 0 Å². The third kappa shape index (κ3) is 4.15. The van der Waals surface area contributed by atoms with Crippen molar-refractivity contribution in [1.82, 2.24) is 10.2 Å². The number of aryl methyl sites for hydroxylation is 1. The maximum Gasteiger partial charge on any atom is 0.257 e. The summed E-state index contributed by atoms with van der Waals surface area (Å²) in [5.41, 5.74) is 4.75. The van der Waals surface area contributed by atoms with Gasteiger partial charge in [0.25, 0.3) is 5.89 Å². The summed E-state index contributed by atoms with van der Waals surface area (Å²) in [4.78, 5) is 5.55. The van der Waals surface area contributed by atoms with Crippen molar-refractivity contribution in [2.75, 3.05) is 0 Å². The molecule has 4 rings (SSSR count). The number of rotatable bonds is 6. The second-order valence-corrected chi connectivity index (χ2v) is 6.31. The van der Waals surface area contributed by atoms with Gasteiger partial charge in [0, 0.05) is 16.7 Å². The second-order valence-electron chi connectivity index (χ2n) is 6.31. The lowest BCUT2D eigenvalue weighted by Gasteiger charge is -2.06. The Hall–Kier alpha value is -3.73. The van der Waals surface area contributed by atoms with Crippen LogP contribution in [0.1, 0.15) is 22.6 Å². The van der Waals surface area contributed by atoms with E-state index in [0.717, 1.165) is 22.4 Å². The Morgan fingerprint density at radius 1 is 0.821 bits per heavy atom. The minimum atomic E-state index is 0.0992. The highest BCUT2D eigenvalue weighted by Crippen LogP contribution is 2.19. The number of oxime groups is 1. The molecule has 0 saturated carbocycles. The van der Waals surface area contributed by atoms with Crippen LogP contribution in [0.2, 0.25) is 0 Å². The standard InChI is InChI=1S/C23H19N3O2/c1-17-12-14-20(15-13-17)23-25-24-21(28-23)16-27-26-22(18-8-4-2-5-9-18)19-10-6-3-7-11-19/h2-15H,16H2,1H3. The molecule has 0 saturated heterocycles. The molecule has 0 unspecified atom stereocenters. The molecule has 1 aromatic heterocycles. The van der Waals surface area contributed by atoms with Gasteiger partial charge >= 0.3 is 0 Å². The maximum absolute atomic E-state index is 5.69. The Morgan fingerprint density at radius 3 is 2.04 bits per heavy atom. The third-order valence-corrected chi connectivity index (χ3v) is 4.20. The Balaban J connectivity index is 1.51. The molecular weight excluding hydrogens is 350 g/mol. The van der Waals surface area contributed by atoms with Crippen molar-refractivity contribution in [2.45, 2.75) is 13.5 Å². The van der Waals surface area contributed by atoms with Crippen molar-refractivity contribution in [3.63, 3.8) is 0 Å². The monoisotopic (exact) mass is 369 g/mol. The molecule has 1 heterocycles. The minimum absolute atomic E-state index is 0.0992. The van der Waals surface area contributed by atoms with Crippen molar-refractivity contribution in [3.8, 4) is 11.5 Å². The molecule has 28 heavy (non-hydrogen) atoms. The first-order valence-corrected chi connectivity index (χ1v) is 9.00. The lowest BCUT2D eigenvalue weighted by atomic mass is 10.0. The van der Waals surface area contributed by atoms with E-state index in [1.807, 2.05) is 91.9 Å². The first-order chi connectivity index (χ1) is 13.8. The fraction of sp³-hybridized carbons (Fsp3) is 0.0870. The Bertz CT molecular complexity index is 1010. The Morgan fingerprint density at radius 2 is 1.43 bits per heavy atom. The Kier molecular flexibility index (Phi) is 5.24. The van der Waals surface area contributed by atoms with Gasteiger partial charge in [-0.05, 0) is 19.1 Å². The molecule has 0 amide bonds. The molecule has 0 aliphatic carbocycles. The number of aromatic nitrogens is 2. The van der Waals surface area contributed by atoms with Crippen LogP contribution in [-0.4, -0.2) is 15.9 Å². The highest BCUT2D eigenvalue weighted by atomic mass is 16.6. The molecule has 5 nitrogen and oxygen atoms in total. The summed E-state index contributed by atoms with van der Waals surface area (Å²) in [6.07, 6.45) is 0. The van der Waals surface area contributed by atoms with E-state index in [1.54, 1.807) is 0 Å². The molecule has 0 N–H and O–H groups in total. The lowest BCUT2D eigenvalue weighted by molar-refractivity contribution is 0.111. The van der Waals surface area contributed by atoms with Gasteiger partial charge in [-0.2, -0.15) is 0 Å². The summed E-state index contributed by atoms with van der Waals surface area (Å²) in [6.45, 7) is 2.13. The predicted molar refractivity (Wildman–Crippen MR) is 108 cm³/mol. The first kappa shape index (κ1) is 17.7. The zero-order valence-corrected chi connectivity index (χ0v) is 15.4. The molecule has 4 aromatic rings. The Labute approximate surface area is 163 Å². The molecule has 0 spiro atoms. The van der Waals surface area contributed by atoms with Crippen LogP contribution in [0.4, 0.5) is 0 Å². The summed E-state index contributed by atoms with van der Waals surface area (Å²) in [7, 11) is 0. The van der Waals surface area contributed by atoms with Crippen molar-refractivity contribution in [2.24, 2.45) is 5.16 Å². The number of nitrogens with zero attached hydrogens (tertiary/aromatic N) is 3. The van der Waals surface area contributed by atoms with Crippen LogP contribution in [0.3, 0.4) is 0 Å². The van der Waals surface area contributed by atoms with E-state index in [2.05, 4.69) is 15.4 Å². The van der Waals surface area contributed by atoms with Crippen molar-refractivity contribution in [1.29, 1.82) is 0 Å². The van der Waals surface area contributed by atoms with Crippen LogP contribution >= 0.6 is 0 Å².